The Morgan fingerprint density at radius 2 is 1.52 bits per heavy atom. The van der Waals surface area contributed by atoms with E-state index in [1.807, 2.05) is 30.3 Å². The highest BCUT2D eigenvalue weighted by atomic mass is 32.2. The summed E-state index contributed by atoms with van der Waals surface area (Å²) in [6, 6.07) is 22.7. The van der Waals surface area contributed by atoms with E-state index in [1.54, 1.807) is 43.3 Å². The Kier molecular flexibility index (Phi) is 5.57. The zero-order valence-corrected chi connectivity index (χ0v) is 15.7. The second-order valence-corrected chi connectivity index (χ2v) is 7.80. The van der Waals surface area contributed by atoms with E-state index >= 15 is 0 Å². The topological polar surface area (TPSA) is 75.3 Å². The molecule has 2 N–H and O–H groups in total. The average Bonchev–Trinajstić information content (AvgIpc) is 2.69. The highest BCUT2D eigenvalue weighted by Gasteiger charge is 2.15. The molecule has 0 saturated carbocycles. The van der Waals surface area contributed by atoms with Gasteiger partial charge >= 0.3 is 0 Å². The molecule has 0 saturated heterocycles. The van der Waals surface area contributed by atoms with Crippen LogP contribution in [0.2, 0.25) is 0 Å². The zero-order chi connectivity index (χ0) is 19.3. The molecule has 0 bridgehead atoms. The third-order valence-corrected chi connectivity index (χ3v) is 5.46. The molecule has 6 heteroatoms. The molecule has 0 atom stereocenters. The van der Waals surface area contributed by atoms with Crippen molar-refractivity contribution in [2.75, 3.05) is 4.72 Å². The van der Waals surface area contributed by atoms with E-state index in [1.165, 1.54) is 12.1 Å². The lowest BCUT2D eigenvalue weighted by molar-refractivity contribution is 0.0951. The molecule has 3 rings (SSSR count). The van der Waals surface area contributed by atoms with Crippen LogP contribution in [0.1, 0.15) is 21.5 Å². The number of carbonyl (C=O) groups excluding carboxylic acids is 1. The van der Waals surface area contributed by atoms with Crippen molar-refractivity contribution < 1.29 is 13.2 Å². The van der Waals surface area contributed by atoms with Crippen molar-refractivity contribution in [1.29, 1.82) is 0 Å². The Bertz CT molecular complexity index is 1030. The number of anilines is 1. The fraction of sp³-hybridized carbons (Fsp3) is 0.0952. The number of aryl methyl sites for hydroxylation is 1. The van der Waals surface area contributed by atoms with Crippen molar-refractivity contribution in [3.8, 4) is 0 Å². The highest BCUT2D eigenvalue weighted by molar-refractivity contribution is 7.92. The molecular weight excluding hydrogens is 360 g/mol. The maximum atomic E-state index is 12.4. The normalized spacial score (nSPS) is 11.0. The van der Waals surface area contributed by atoms with Crippen molar-refractivity contribution in [2.24, 2.45) is 0 Å². The molecule has 0 fully saturated rings. The number of nitrogens with one attached hydrogen (secondary N) is 2. The number of hydrogen-bond donors (Lipinski definition) is 2. The highest BCUT2D eigenvalue weighted by Crippen LogP contribution is 2.21. The SMILES string of the molecule is Cc1cc(C(=O)NCc2ccccc2)ccc1NS(=O)(=O)c1ccccc1. The second-order valence-electron chi connectivity index (χ2n) is 6.12. The lowest BCUT2D eigenvalue weighted by atomic mass is 10.1. The van der Waals surface area contributed by atoms with E-state index in [-0.39, 0.29) is 10.8 Å². The summed E-state index contributed by atoms with van der Waals surface area (Å²) in [6.45, 7) is 2.19. The van der Waals surface area contributed by atoms with Gasteiger partial charge in [0.1, 0.15) is 0 Å². The largest absolute Gasteiger partial charge is 0.348 e. The van der Waals surface area contributed by atoms with Crippen LogP contribution in [0.5, 0.6) is 0 Å². The van der Waals surface area contributed by atoms with Gasteiger partial charge in [-0.15, -0.1) is 0 Å². The van der Waals surface area contributed by atoms with Crippen LogP contribution in [0.3, 0.4) is 0 Å². The van der Waals surface area contributed by atoms with Gasteiger partial charge < -0.3 is 5.32 Å². The summed E-state index contributed by atoms with van der Waals surface area (Å²) in [5.74, 6) is -0.209. The van der Waals surface area contributed by atoms with E-state index in [2.05, 4.69) is 10.0 Å². The summed E-state index contributed by atoms with van der Waals surface area (Å²) >= 11 is 0. The predicted molar refractivity (Wildman–Crippen MR) is 106 cm³/mol. The molecule has 0 radical (unpaired) electrons. The van der Waals surface area contributed by atoms with Gasteiger partial charge in [-0.25, -0.2) is 8.42 Å². The lowest BCUT2D eigenvalue weighted by Gasteiger charge is -2.12. The summed E-state index contributed by atoms with van der Waals surface area (Å²) in [6.07, 6.45) is 0. The van der Waals surface area contributed by atoms with Gasteiger partial charge in [0.05, 0.1) is 10.6 Å². The van der Waals surface area contributed by atoms with Crippen molar-refractivity contribution in [3.63, 3.8) is 0 Å². The van der Waals surface area contributed by atoms with Gasteiger partial charge in [0.25, 0.3) is 15.9 Å². The van der Waals surface area contributed by atoms with Gasteiger partial charge in [-0.1, -0.05) is 48.5 Å². The summed E-state index contributed by atoms with van der Waals surface area (Å²) in [4.78, 5) is 12.5. The van der Waals surface area contributed by atoms with Crippen LogP contribution >= 0.6 is 0 Å². The first-order valence-electron chi connectivity index (χ1n) is 8.46. The zero-order valence-electron chi connectivity index (χ0n) is 14.8. The van der Waals surface area contributed by atoms with Crippen LogP contribution in [0, 0.1) is 6.92 Å². The molecule has 0 aromatic heterocycles. The van der Waals surface area contributed by atoms with Crippen LogP contribution in [0.15, 0.2) is 83.8 Å². The molecule has 3 aromatic rings. The van der Waals surface area contributed by atoms with Crippen LogP contribution in [-0.2, 0) is 16.6 Å². The minimum Gasteiger partial charge on any atom is -0.348 e. The molecule has 1 amide bonds. The minimum absolute atomic E-state index is 0.189. The number of hydrogen-bond acceptors (Lipinski definition) is 3. The van der Waals surface area contributed by atoms with Gasteiger partial charge in [-0.2, -0.15) is 0 Å². The Morgan fingerprint density at radius 1 is 0.889 bits per heavy atom. The molecule has 3 aromatic carbocycles. The minimum atomic E-state index is -3.67. The Morgan fingerprint density at radius 3 is 2.15 bits per heavy atom. The molecule has 0 aliphatic heterocycles. The third kappa shape index (κ3) is 4.74. The van der Waals surface area contributed by atoms with E-state index in [0.717, 1.165) is 5.56 Å². The van der Waals surface area contributed by atoms with Crippen LogP contribution in [-0.4, -0.2) is 14.3 Å². The second kappa shape index (κ2) is 8.05. The molecule has 138 valence electrons. The number of benzene rings is 3. The van der Waals surface area contributed by atoms with Crippen LogP contribution in [0.4, 0.5) is 5.69 Å². The molecule has 27 heavy (non-hydrogen) atoms. The standard InChI is InChI=1S/C21H20N2O3S/c1-16-14-18(21(24)22-15-17-8-4-2-5-9-17)12-13-20(16)23-27(25,26)19-10-6-3-7-11-19/h2-14,23H,15H2,1H3,(H,22,24). The Hall–Kier alpha value is -3.12. The van der Waals surface area contributed by atoms with Gasteiger partial charge in [0.2, 0.25) is 0 Å². The maximum absolute atomic E-state index is 12.4. The first-order valence-corrected chi connectivity index (χ1v) is 9.95. The van der Waals surface area contributed by atoms with E-state index < -0.39 is 10.0 Å². The van der Waals surface area contributed by atoms with Gasteiger partial charge in [-0.05, 0) is 48.4 Å². The van der Waals surface area contributed by atoms with Gasteiger partial charge in [-0.3, -0.25) is 9.52 Å². The summed E-state index contributed by atoms with van der Waals surface area (Å²) < 4.78 is 27.5. The van der Waals surface area contributed by atoms with E-state index in [0.29, 0.717) is 23.4 Å². The molecule has 0 aliphatic rings. The molecule has 0 aliphatic carbocycles. The van der Waals surface area contributed by atoms with Crippen molar-refractivity contribution >= 4 is 21.6 Å². The molecule has 5 nitrogen and oxygen atoms in total. The lowest BCUT2D eigenvalue weighted by Crippen LogP contribution is -2.23. The van der Waals surface area contributed by atoms with Crippen LogP contribution < -0.4 is 10.0 Å². The average molecular weight is 380 g/mol. The fourth-order valence-electron chi connectivity index (χ4n) is 2.60. The van der Waals surface area contributed by atoms with E-state index in [4.69, 9.17) is 0 Å². The number of rotatable bonds is 6. The number of amides is 1. The third-order valence-electron chi connectivity index (χ3n) is 4.08. The molecule has 0 heterocycles. The first-order chi connectivity index (χ1) is 13.0. The molecular formula is C21H20N2O3S. The fourth-order valence-corrected chi connectivity index (χ4v) is 3.75. The summed E-state index contributed by atoms with van der Waals surface area (Å²) in [5, 5.41) is 2.86. The van der Waals surface area contributed by atoms with Crippen LogP contribution in [0.25, 0.3) is 0 Å². The number of sulfonamides is 1. The Balaban J connectivity index is 1.71. The molecule has 0 spiro atoms. The first kappa shape index (κ1) is 18.7. The quantitative estimate of drug-likeness (QED) is 0.684. The van der Waals surface area contributed by atoms with Gasteiger partial charge in [0.15, 0.2) is 0 Å². The summed E-state index contributed by atoms with van der Waals surface area (Å²) in [5.41, 5.74) is 2.60. The smallest absolute Gasteiger partial charge is 0.261 e. The van der Waals surface area contributed by atoms with Crippen molar-refractivity contribution in [2.45, 2.75) is 18.4 Å². The van der Waals surface area contributed by atoms with Crippen molar-refractivity contribution in [1.82, 2.24) is 5.32 Å². The van der Waals surface area contributed by atoms with Crippen molar-refractivity contribution in [3.05, 3.63) is 95.6 Å². The Labute approximate surface area is 159 Å². The molecule has 0 unspecified atom stereocenters. The monoisotopic (exact) mass is 380 g/mol. The van der Waals surface area contributed by atoms with Gasteiger partial charge in [0, 0.05) is 12.1 Å². The van der Waals surface area contributed by atoms with E-state index in [9.17, 15) is 13.2 Å². The summed E-state index contributed by atoms with van der Waals surface area (Å²) in [7, 11) is -3.67. The predicted octanol–water partition coefficient (Wildman–Crippen LogP) is 3.73. The maximum Gasteiger partial charge on any atom is 0.261 e. The number of carbonyl (C=O) groups is 1.